The van der Waals surface area contributed by atoms with Gasteiger partial charge in [0, 0.05) is 11.8 Å². The molecular formula is C13H14N4O2. The molecule has 2 rings (SSSR count). The van der Waals surface area contributed by atoms with E-state index in [0.717, 1.165) is 16.8 Å². The van der Waals surface area contributed by atoms with Crippen LogP contribution in [0.2, 0.25) is 0 Å². The van der Waals surface area contributed by atoms with Crippen LogP contribution >= 0.6 is 0 Å². The fraction of sp³-hybridized carbons (Fsp3) is 0.154. The van der Waals surface area contributed by atoms with E-state index in [0.29, 0.717) is 0 Å². The first-order valence-corrected chi connectivity index (χ1v) is 5.72. The quantitative estimate of drug-likeness (QED) is 0.652. The Morgan fingerprint density at radius 2 is 2.00 bits per heavy atom. The van der Waals surface area contributed by atoms with Gasteiger partial charge in [-0.25, -0.2) is 4.98 Å². The zero-order valence-electron chi connectivity index (χ0n) is 10.7. The summed E-state index contributed by atoms with van der Waals surface area (Å²) in [5.41, 5.74) is 8.35. The Bertz CT molecular complexity index is 641. The summed E-state index contributed by atoms with van der Waals surface area (Å²) in [6.07, 6.45) is 0. The molecule has 1 aromatic heterocycles. The van der Waals surface area contributed by atoms with E-state index in [-0.39, 0.29) is 17.3 Å². The van der Waals surface area contributed by atoms with Crippen LogP contribution in [0.5, 0.6) is 0 Å². The number of nitrogens with zero attached hydrogens (tertiary/aromatic N) is 2. The third-order valence-electron chi connectivity index (χ3n) is 2.73. The van der Waals surface area contributed by atoms with E-state index in [4.69, 9.17) is 5.73 Å². The lowest BCUT2D eigenvalue weighted by atomic mass is 10.1. The van der Waals surface area contributed by atoms with Crippen LogP contribution in [0.4, 0.5) is 23.0 Å². The molecule has 0 radical (unpaired) electrons. The van der Waals surface area contributed by atoms with Crippen molar-refractivity contribution in [2.45, 2.75) is 13.8 Å². The van der Waals surface area contributed by atoms with Crippen molar-refractivity contribution in [1.29, 1.82) is 0 Å². The zero-order chi connectivity index (χ0) is 14.0. The number of nitrogens with two attached hydrogens (primary N) is 1. The summed E-state index contributed by atoms with van der Waals surface area (Å²) in [7, 11) is 0. The second-order valence-electron chi connectivity index (χ2n) is 4.30. The fourth-order valence-electron chi connectivity index (χ4n) is 1.79. The maximum absolute atomic E-state index is 10.9. The summed E-state index contributed by atoms with van der Waals surface area (Å²) in [5, 5.41) is 13.9. The van der Waals surface area contributed by atoms with E-state index in [9.17, 15) is 10.1 Å². The lowest BCUT2D eigenvalue weighted by molar-refractivity contribution is -0.384. The van der Waals surface area contributed by atoms with Crippen LogP contribution < -0.4 is 11.1 Å². The van der Waals surface area contributed by atoms with Crippen LogP contribution in [0.1, 0.15) is 11.1 Å². The number of nitrogens with one attached hydrogen (secondary N) is 1. The van der Waals surface area contributed by atoms with Gasteiger partial charge in [-0.05, 0) is 31.5 Å². The van der Waals surface area contributed by atoms with E-state index in [1.54, 1.807) is 0 Å². The first-order valence-electron chi connectivity index (χ1n) is 5.72. The summed E-state index contributed by atoms with van der Waals surface area (Å²) in [6, 6.07) is 8.52. The van der Waals surface area contributed by atoms with Crippen molar-refractivity contribution in [3.63, 3.8) is 0 Å². The number of aromatic nitrogens is 1. The SMILES string of the molecule is Cc1ccc(Nc2nc(N)ccc2[N+](=O)[O-])c(C)c1. The largest absolute Gasteiger partial charge is 0.384 e. The van der Waals surface area contributed by atoms with E-state index in [2.05, 4.69) is 10.3 Å². The monoisotopic (exact) mass is 258 g/mol. The van der Waals surface area contributed by atoms with E-state index in [1.165, 1.54) is 12.1 Å². The Morgan fingerprint density at radius 3 is 2.63 bits per heavy atom. The number of hydrogen-bond acceptors (Lipinski definition) is 5. The molecular weight excluding hydrogens is 244 g/mol. The Hall–Kier alpha value is -2.63. The highest BCUT2D eigenvalue weighted by molar-refractivity contribution is 5.69. The van der Waals surface area contributed by atoms with Crippen LogP contribution in [-0.2, 0) is 0 Å². The van der Waals surface area contributed by atoms with Crippen LogP contribution in [0.25, 0.3) is 0 Å². The summed E-state index contributed by atoms with van der Waals surface area (Å²) < 4.78 is 0. The number of pyridine rings is 1. The van der Waals surface area contributed by atoms with Crippen LogP contribution in [0.15, 0.2) is 30.3 Å². The molecule has 0 spiro atoms. The number of hydrogen-bond donors (Lipinski definition) is 2. The second-order valence-corrected chi connectivity index (χ2v) is 4.30. The molecule has 98 valence electrons. The zero-order valence-corrected chi connectivity index (χ0v) is 10.7. The van der Waals surface area contributed by atoms with E-state index >= 15 is 0 Å². The van der Waals surface area contributed by atoms with E-state index in [1.807, 2.05) is 32.0 Å². The second kappa shape index (κ2) is 4.93. The van der Waals surface area contributed by atoms with Gasteiger partial charge >= 0.3 is 5.69 Å². The molecule has 2 aromatic rings. The molecule has 0 aliphatic rings. The Morgan fingerprint density at radius 1 is 1.26 bits per heavy atom. The molecule has 0 amide bonds. The predicted octanol–water partition coefficient (Wildman–Crippen LogP) is 2.93. The number of nitrogen functional groups attached to an aromatic ring is 1. The third-order valence-corrected chi connectivity index (χ3v) is 2.73. The molecule has 0 aliphatic carbocycles. The van der Waals surface area contributed by atoms with Crippen molar-refractivity contribution in [2.75, 3.05) is 11.1 Å². The van der Waals surface area contributed by atoms with Crippen molar-refractivity contribution in [3.8, 4) is 0 Å². The normalized spacial score (nSPS) is 10.2. The Balaban J connectivity index is 2.42. The highest BCUT2D eigenvalue weighted by Gasteiger charge is 2.16. The maximum Gasteiger partial charge on any atom is 0.311 e. The molecule has 19 heavy (non-hydrogen) atoms. The summed E-state index contributed by atoms with van der Waals surface area (Å²) in [6.45, 7) is 3.91. The predicted molar refractivity (Wildman–Crippen MR) is 74.5 cm³/mol. The van der Waals surface area contributed by atoms with Gasteiger partial charge in [0.2, 0.25) is 5.82 Å². The van der Waals surface area contributed by atoms with Crippen molar-refractivity contribution in [1.82, 2.24) is 4.98 Å². The molecule has 0 fully saturated rings. The summed E-state index contributed by atoms with van der Waals surface area (Å²) >= 11 is 0. The Kier molecular flexibility index (Phi) is 3.33. The molecule has 3 N–H and O–H groups in total. The van der Waals surface area contributed by atoms with Crippen LogP contribution in [0, 0.1) is 24.0 Å². The van der Waals surface area contributed by atoms with Crippen LogP contribution in [0.3, 0.4) is 0 Å². The van der Waals surface area contributed by atoms with Gasteiger partial charge in [-0.3, -0.25) is 10.1 Å². The minimum absolute atomic E-state index is 0.103. The van der Waals surface area contributed by atoms with Crippen LogP contribution in [-0.4, -0.2) is 9.91 Å². The number of benzene rings is 1. The molecule has 0 unspecified atom stereocenters. The molecule has 6 nitrogen and oxygen atoms in total. The number of anilines is 3. The standard InChI is InChI=1S/C13H14N4O2/c1-8-3-4-10(9(2)7-8)15-13-11(17(18)19)5-6-12(14)16-13/h3-7H,1-2H3,(H3,14,15,16). The molecule has 0 bridgehead atoms. The van der Waals surface area contributed by atoms with Gasteiger partial charge in [0.25, 0.3) is 0 Å². The number of aryl methyl sites for hydroxylation is 2. The number of nitro groups is 1. The van der Waals surface area contributed by atoms with Gasteiger partial charge < -0.3 is 11.1 Å². The topological polar surface area (TPSA) is 94.1 Å². The smallest absolute Gasteiger partial charge is 0.311 e. The molecule has 6 heteroatoms. The maximum atomic E-state index is 10.9. The molecule has 0 saturated heterocycles. The van der Waals surface area contributed by atoms with Crippen molar-refractivity contribution >= 4 is 23.0 Å². The number of rotatable bonds is 3. The molecule has 1 heterocycles. The fourth-order valence-corrected chi connectivity index (χ4v) is 1.79. The summed E-state index contributed by atoms with van der Waals surface area (Å²) in [4.78, 5) is 14.4. The van der Waals surface area contributed by atoms with Gasteiger partial charge in [0.05, 0.1) is 4.92 Å². The lowest BCUT2D eigenvalue weighted by Crippen LogP contribution is -2.03. The average molecular weight is 258 g/mol. The van der Waals surface area contributed by atoms with E-state index < -0.39 is 4.92 Å². The first kappa shape index (κ1) is 12.8. The first-order chi connectivity index (χ1) is 8.97. The van der Waals surface area contributed by atoms with Gasteiger partial charge in [-0.15, -0.1) is 0 Å². The highest BCUT2D eigenvalue weighted by atomic mass is 16.6. The van der Waals surface area contributed by atoms with Crippen molar-refractivity contribution in [2.24, 2.45) is 0 Å². The van der Waals surface area contributed by atoms with Crippen molar-refractivity contribution in [3.05, 3.63) is 51.6 Å². The lowest BCUT2D eigenvalue weighted by Gasteiger charge is -2.10. The van der Waals surface area contributed by atoms with Gasteiger partial charge in [-0.1, -0.05) is 17.7 Å². The van der Waals surface area contributed by atoms with Gasteiger partial charge in [-0.2, -0.15) is 0 Å². The molecule has 0 aliphatic heterocycles. The average Bonchev–Trinajstić information content (AvgIpc) is 2.32. The van der Waals surface area contributed by atoms with Gasteiger partial charge in [0.1, 0.15) is 5.82 Å². The highest BCUT2D eigenvalue weighted by Crippen LogP contribution is 2.28. The molecule has 1 aromatic carbocycles. The molecule has 0 atom stereocenters. The summed E-state index contributed by atoms with van der Waals surface area (Å²) in [5.74, 6) is 0.384. The van der Waals surface area contributed by atoms with Crippen molar-refractivity contribution < 1.29 is 4.92 Å². The minimum Gasteiger partial charge on any atom is -0.384 e. The Labute approximate surface area is 110 Å². The van der Waals surface area contributed by atoms with Gasteiger partial charge in [0.15, 0.2) is 0 Å². The molecule has 0 saturated carbocycles. The third kappa shape index (κ3) is 2.79. The minimum atomic E-state index is -0.488.